The van der Waals surface area contributed by atoms with Gasteiger partial charge < -0.3 is 20.3 Å². The smallest absolute Gasteiger partial charge is 0.250 e. The lowest BCUT2D eigenvalue weighted by molar-refractivity contribution is -0.134. The summed E-state index contributed by atoms with van der Waals surface area (Å²) in [5, 5.41) is 6.12. The Kier molecular flexibility index (Phi) is 12.8. The summed E-state index contributed by atoms with van der Waals surface area (Å²) in [5.41, 5.74) is 0. The molecular weight excluding hydrogens is 403 g/mol. The zero-order valence-electron chi connectivity index (χ0n) is 14.5. The van der Waals surface area contributed by atoms with Crippen LogP contribution < -0.4 is 15.5 Å². The minimum absolute atomic E-state index is 0. The number of anilines is 1. The molecule has 26 heavy (non-hydrogen) atoms. The second-order valence-electron chi connectivity index (χ2n) is 5.73. The van der Waals surface area contributed by atoms with Gasteiger partial charge in [0, 0.05) is 64.8 Å². The van der Waals surface area contributed by atoms with Gasteiger partial charge in [-0.25, -0.2) is 9.97 Å². The lowest BCUT2D eigenvalue weighted by atomic mass is 10.3. The Bertz CT molecular complexity index is 499. The highest BCUT2D eigenvalue weighted by molar-refractivity contribution is 5.86. The molecule has 2 N–H and O–H groups in total. The van der Waals surface area contributed by atoms with Crippen LogP contribution in [0, 0.1) is 0 Å². The highest BCUT2D eigenvalue weighted by Gasteiger charge is 2.22. The first-order valence-electron chi connectivity index (χ1n) is 8.17. The Morgan fingerprint density at radius 2 is 1.88 bits per heavy atom. The second kappa shape index (κ2) is 13.3. The van der Waals surface area contributed by atoms with Gasteiger partial charge in [0.2, 0.25) is 5.95 Å². The number of morpholine rings is 1. The van der Waals surface area contributed by atoms with E-state index in [0.717, 1.165) is 45.2 Å². The Hall–Kier alpha value is -0.900. The molecule has 2 saturated heterocycles. The van der Waals surface area contributed by atoms with Gasteiger partial charge >= 0.3 is 0 Å². The number of nitrogens with one attached hydrogen (secondary N) is 2. The van der Waals surface area contributed by atoms with E-state index in [1.807, 2.05) is 6.07 Å². The molecule has 1 atom stereocenters. The van der Waals surface area contributed by atoms with E-state index in [1.54, 1.807) is 12.4 Å². The van der Waals surface area contributed by atoms with Crippen molar-refractivity contribution in [2.45, 2.75) is 6.10 Å². The normalized spacial score (nSPS) is 20.2. The molecule has 0 aromatic carbocycles. The summed E-state index contributed by atoms with van der Waals surface area (Å²) in [5.74, 6) is 0.774. The molecule has 0 bridgehead atoms. The summed E-state index contributed by atoms with van der Waals surface area (Å²) < 4.78 is 5.44. The number of hydrogen-bond donors (Lipinski definition) is 2. The van der Waals surface area contributed by atoms with Crippen LogP contribution in [0.4, 0.5) is 5.95 Å². The van der Waals surface area contributed by atoms with Crippen molar-refractivity contribution in [2.75, 3.05) is 63.9 Å². The molecule has 150 valence electrons. The van der Waals surface area contributed by atoms with Gasteiger partial charge in [-0.1, -0.05) is 0 Å². The summed E-state index contributed by atoms with van der Waals surface area (Å²) in [7, 11) is 0. The first-order valence-corrected chi connectivity index (χ1v) is 8.17. The number of carbonyl (C=O) groups is 1. The van der Waals surface area contributed by atoms with Gasteiger partial charge in [0.25, 0.3) is 5.91 Å². The summed E-state index contributed by atoms with van der Waals surface area (Å²) in [6.45, 7) is 7.25. The minimum Gasteiger partial charge on any atom is -0.366 e. The zero-order chi connectivity index (χ0) is 15.9. The van der Waals surface area contributed by atoms with E-state index in [0.29, 0.717) is 19.7 Å². The van der Waals surface area contributed by atoms with Gasteiger partial charge in [-0.2, -0.15) is 0 Å². The SMILES string of the molecule is Cl.Cl.Cl.O=C(NCCN1CCN(c2ncccn2)CC1)C1CNCCO1. The Morgan fingerprint density at radius 3 is 2.50 bits per heavy atom. The van der Waals surface area contributed by atoms with Crippen LogP contribution in [0.5, 0.6) is 0 Å². The van der Waals surface area contributed by atoms with Gasteiger partial charge in [0.1, 0.15) is 6.10 Å². The van der Waals surface area contributed by atoms with E-state index in [1.165, 1.54) is 0 Å². The molecule has 0 spiro atoms. The number of halogens is 3. The topological polar surface area (TPSA) is 82.6 Å². The maximum Gasteiger partial charge on any atom is 0.250 e. The molecule has 0 aliphatic carbocycles. The highest BCUT2D eigenvalue weighted by Crippen LogP contribution is 2.09. The van der Waals surface area contributed by atoms with Gasteiger partial charge in [-0.05, 0) is 6.07 Å². The molecule has 1 unspecified atom stereocenters. The summed E-state index contributed by atoms with van der Waals surface area (Å²) >= 11 is 0. The minimum atomic E-state index is -0.351. The number of rotatable bonds is 5. The van der Waals surface area contributed by atoms with Gasteiger partial charge in [0.15, 0.2) is 0 Å². The fourth-order valence-electron chi connectivity index (χ4n) is 2.81. The summed E-state index contributed by atoms with van der Waals surface area (Å²) in [4.78, 5) is 25.1. The van der Waals surface area contributed by atoms with Crippen LogP contribution in [0.2, 0.25) is 0 Å². The molecule has 1 aromatic heterocycles. The molecule has 8 nitrogen and oxygen atoms in total. The van der Waals surface area contributed by atoms with Crippen LogP contribution in [0.3, 0.4) is 0 Å². The van der Waals surface area contributed by atoms with E-state index in [2.05, 4.69) is 30.4 Å². The lowest BCUT2D eigenvalue weighted by Gasteiger charge is -2.34. The Balaban J connectivity index is 0.00000208. The zero-order valence-corrected chi connectivity index (χ0v) is 17.0. The van der Waals surface area contributed by atoms with Gasteiger partial charge in [-0.3, -0.25) is 9.69 Å². The van der Waals surface area contributed by atoms with E-state index in [4.69, 9.17) is 4.74 Å². The molecule has 11 heteroatoms. The molecule has 2 aliphatic heterocycles. The Morgan fingerprint density at radius 1 is 1.19 bits per heavy atom. The first-order chi connectivity index (χ1) is 11.3. The maximum absolute atomic E-state index is 12.0. The van der Waals surface area contributed by atoms with Crippen molar-refractivity contribution in [1.82, 2.24) is 25.5 Å². The van der Waals surface area contributed by atoms with Crippen molar-refractivity contribution < 1.29 is 9.53 Å². The van der Waals surface area contributed by atoms with Crippen molar-refractivity contribution in [3.8, 4) is 0 Å². The number of ether oxygens (including phenoxy) is 1. The van der Waals surface area contributed by atoms with E-state index < -0.39 is 0 Å². The third-order valence-corrected chi connectivity index (χ3v) is 4.15. The molecule has 2 aliphatic rings. The van der Waals surface area contributed by atoms with Crippen molar-refractivity contribution in [3.63, 3.8) is 0 Å². The molecule has 3 rings (SSSR count). The monoisotopic (exact) mass is 428 g/mol. The predicted molar refractivity (Wildman–Crippen MR) is 108 cm³/mol. The predicted octanol–water partition coefficient (Wildman–Crippen LogP) is -0.0314. The van der Waals surface area contributed by atoms with Crippen molar-refractivity contribution in [1.29, 1.82) is 0 Å². The summed E-state index contributed by atoms with van der Waals surface area (Å²) in [6, 6.07) is 1.83. The molecule has 0 radical (unpaired) electrons. The fourth-order valence-corrected chi connectivity index (χ4v) is 2.81. The van der Waals surface area contributed by atoms with Gasteiger partial charge in [0.05, 0.1) is 6.61 Å². The summed E-state index contributed by atoms with van der Waals surface area (Å²) in [6.07, 6.45) is 3.19. The number of nitrogens with zero attached hydrogens (tertiary/aromatic N) is 4. The number of amides is 1. The third-order valence-electron chi connectivity index (χ3n) is 4.15. The van der Waals surface area contributed by atoms with Crippen LogP contribution in [0.25, 0.3) is 0 Å². The molecule has 2 fully saturated rings. The van der Waals surface area contributed by atoms with E-state index in [-0.39, 0.29) is 49.2 Å². The van der Waals surface area contributed by atoms with Crippen LogP contribution in [0.1, 0.15) is 0 Å². The van der Waals surface area contributed by atoms with Crippen LogP contribution >= 0.6 is 37.2 Å². The molecule has 1 amide bonds. The maximum atomic E-state index is 12.0. The number of hydrogen-bond acceptors (Lipinski definition) is 7. The standard InChI is InChI=1S/C15H24N6O2.3ClH/c22-14(13-12-16-5-11-23-13)17-4-6-20-7-9-21(10-8-20)15-18-2-1-3-19-15;;;/h1-3,13,16H,4-12H2,(H,17,22);3*1H. The lowest BCUT2D eigenvalue weighted by Crippen LogP contribution is -2.51. The first kappa shape index (κ1) is 25.1. The number of piperazine rings is 1. The number of carbonyl (C=O) groups excluding carboxylic acids is 1. The van der Waals surface area contributed by atoms with Crippen LogP contribution in [-0.4, -0.2) is 85.8 Å². The third kappa shape index (κ3) is 7.38. The average molecular weight is 430 g/mol. The molecule has 0 saturated carbocycles. The van der Waals surface area contributed by atoms with Gasteiger partial charge in [-0.15, -0.1) is 37.2 Å². The van der Waals surface area contributed by atoms with E-state index >= 15 is 0 Å². The quantitative estimate of drug-likeness (QED) is 0.680. The molecular formula is C15H27Cl3N6O2. The Labute approximate surface area is 172 Å². The average Bonchev–Trinajstić information content (AvgIpc) is 2.64. The van der Waals surface area contributed by atoms with Crippen molar-refractivity contribution in [3.05, 3.63) is 18.5 Å². The van der Waals surface area contributed by atoms with Crippen molar-refractivity contribution in [2.24, 2.45) is 0 Å². The van der Waals surface area contributed by atoms with Crippen LogP contribution in [0.15, 0.2) is 18.5 Å². The van der Waals surface area contributed by atoms with E-state index in [9.17, 15) is 4.79 Å². The largest absolute Gasteiger partial charge is 0.366 e. The molecule has 3 heterocycles. The fraction of sp³-hybridized carbons (Fsp3) is 0.667. The van der Waals surface area contributed by atoms with Crippen molar-refractivity contribution >= 4 is 49.1 Å². The number of aromatic nitrogens is 2. The molecule has 1 aromatic rings. The second-order valence-corrected chi connectivity index (χ2v) is 5.73. The van der Waals surface area contributed by atoms with Crippen LogP contribution in [-0.2, 0) is 9.53 Å². The highest BCUT2D eigenvalue weighted by atomic mass is 35.5.